The van der Waals surface area contributed by atoms with Crippen LogP contribution in [0.5, 0.6) is 0 Å². The van der Waals surface area contributed by atoms with Crippen LogP contribution in [0.3, 0.4) is 0 Å². The van der Waals surface area contributed by atoms with Crippen molar-refractivity contribution >= 4 is 11.9 Å². The van der Waals surface area contributed by atoms with Crippen LogP contribution in [0.1, 0.15) is 42.6 Å². The van der Waals surface area contributed by atoms with Crippen molar-refractivity contribution in [2.24, 2.45) is 0 Å². The van der Waals surface area contributed by atoms with E-state index in [1.807, 2.05) is 31.2 Å². The number of hydrogen-bond acceptors (Lipinski definition) is 3. The molecule has 1 aromatic carbocycles. The summed E-state index contributed by atoms with van der Waals surface area (Å²) in [6.45, 7) is 4.68. The van der Waals surface area contributed by atoms with Crippen molar-refractivity contribution in [2.45, 2.75) is 33.1 Å². The smallest absolute Gasteiger partial charge is 0.305 e. The Bertz CT molecular complexity index is 429. The molecule has 0 radical (unpaired) electrons. The Morgan fingerprint density at radius 3 is 2.63 bits per heavy atom. The first-order valence-corrected chi connectivity index (χ1v) is 6.70. The summed E-state index contributed by atoms with van der Waals surface area (Å²) in [6.07, 6.45) is 1.76. The molecular formula is C15H21NO3. The summed E-state index contributed by atoms with van der Waals surface area (Å²) in [7, 11) is 0. The predicted molar refractivity (Wildman–Crippen MR) is 74.0 cm³/mol. The van der Waals surface area contributed by atoms with Gasteiger partial charge in [0.2, 0.25) is 0 Å². The van der Waals surface area contributed by atoms with Crippen molar-refractivity contribution in [1.29, 1.82) is 0 Å². The van der Waals surface area contributed by atoms with Crippen molar-refractivity contribution in [2.75, 3.05) is 13.2 Å². The van der Waals surface area contributed by atoms with Crippen LogP contribution in [0.25, 0.3) is 0 Å². The number of benzene rings is 1. The summed E-state index contributed by atoms with van der Waals surface area (Å²) in [6, 6.07) is 7.55. The number of nitrogens with one attached hydrogen (secondary N) is 1. The highest BCUT2D eigenvalue weighted by Crippen LogP contribution is 2.09. The second kappa shape index (κ2) is 8.29. The molecule has 1 amide bonds. The lowest BCUT2D eigenvalue weighted by molar-refractivity contribution is -0.143. The number of esters is 1. The molecule has 0 unspecified atom stereocenters. The second-order valence-electron chi connectivity index (χ2n) is 4.18. The van der Waals surface area contributed by atoms with Gasteiger partial charge in [-0.3, -0.25) is 9.59 Å². The Morgan fingerprint density at radius 2 is 1.95 bits per heavy atom. The Kier molecular flexibility index (Phi) is 6.64. The molecule has 4 heteroatoms. The molecule has 1 N–H and O–H groups in total. The maximum absolute atomic E-state index is 12.0. The average Bonchev–Trinajstić information content (AvgIpc) is 2.43. The summed E-state index contributed by atoms with van der Waals surface area (Å²) in [5.41, 5.74) is 1.74. The van der Waals surface area contributed by atoms with E-state index < -0.39 is 0 Å². The standard InChI is InChI=1S/C15H21NO3/c1-3-12-8-5-6-9-13(12)15(18)16-11-7-10-14(17)19-4-2/h5-6,8-9H,3-4,7,10-11H2,1-2H3,(H,16,18). The van der Waals surface area contributed by atoms with Crippen molar-refractivity contribution in [3.8, 4) is 0 Å². The first kappa shape index (κ1) is 15.2. The molecule has 0 saturated carbocycles. The first-order valence-electron chi connectivity index (χ1n) is 6.70. The Labute approximate surface area is 114 Å². The monoisotopic (exact) mass is 263 g/mol. The number of hydrogen-bond donors (Lipinski definition) is 1. The quantitative estimate of drug-likeness (QED) is 0.606. The van der Waals surface area contributed by atoms with Crippen LogP contribution in [0.4, 0.5) is 0 Å². The molecule has 0 aliphatic heterocycles. The summed E-state index contributed by atoms with van der Waals surface area (Å²) >= 11 is 0. The number of aryl methyl sites for hydroxylation is 1. The number of rotatable bonds is 7. The van der Waals surface area contributed by atoms with Gasteiger partial charge in [0.15, 0.2) is 0 Å². The van der Waals surface area contributed by atoms with Crippen LogP contribution >= 0.6 is 0 Å². The molecule has 1 aromatic rings. The number of carbonyl (C=O) groups is 2. The fourth-order valence-corrected chi connectivity index (χ4v) is 1.81. The Balaban J connectivity index is 2.37. The third-order valence-corrected chi connectivity index (χ3v) is 2.79. The third kappa shape index (κ3) is 5.12. The molecule has 104 valence electrons. The molecule has 0 spiro atoms. The lowest BCUT2D eigenvalue weighted by Crippen LogP contribution is -2.26. The molecule has 1 rings (SSSR count). The molecule has 0 aromatic heterocycles. The molecule has 0 atom stereocenters. The van der Waals surface area contributed by atoms with Crippen molar-refractivity contribution in [3.63, 3.8) is 0 Å². The zero-order valence-electron chi connectivity index (χ0n) is 11.6. The van der Waals surface area contributed by atoms with Gasteiger partial charge in [-0.25, -0.2) is 0 Å². The zero-order chi connectivity index (χ0) is 14.1. The van der Waals surface area contributed by atoms with Crippen LogP contribution in [-0.2, 0) is 16.0 Å². The third-order valence-electron chi connectivity index (χ3n) is 2.79. The normalized spacial score (nSPS) is 10.0. The van der Waals surface area contributed by atoms with Gasteiger partial charge in [-0.2, -0.15) is 0 Å². The summed E-state index contributed by atoms with van der Waals surface area (Å²) in [5.74, 6) is -0.299. The molecule has 0 saturated heterocycles. The van der Waals surface area contributed by atoms with Crippen LogP contribution in [0, 0.1) is 0 Å². The molecule has 0 aliphatic carbocycles. The molecule has 0 heterocycles. The van der Waals surface area contributed by atoms with Gasteiger partial charge in [0, 0.05) is 18.5 Å². The molecule has 4 nitrogen and oxygen atoms in total. The molecule has 19 heavy (non-hydrogen) atoms. The van der Waals surface area contributed by atoms with E-state index >= 15 is 0 Å². The van der Waals surface area contributed by atoms with Crippen molar-refractivity contribution < 1.29 is 14.3 Å². The minimum atomic E-state index is -0.217. The van der Waals surface area contributed by atoms with E-state index in [2.05, 4.69) is 5.32 Å². The van der Waals surface area contributed by atoms with Gasteiger partial charge >= 0.3 is 5.97 Å². The highest BCUT2D eigenvalue weighted by Gasteiger charge is 2.09. The molecule has 0 aliphatic rings. The number of ether oxygens (including phenoxy) is 1. The van der Waals surface area contributed by atoms with Crippen LogP contribution in [0.2, 0.25) is 0 Å². The highest BCUT2D eigenvalue weighted by molar-refractivity contribution is 5.95. The minimum Gasteiger partial charge on any atom is -0.466 e. The molecule has 0 fully saturated rings. The fourth-order valence-electron chi connectivity index (χ4n) is 1.81. The van der Waals surface area contributed by atoms with E-state index in [1.165, 1.54) is 0 Å². The zero-order valence-corrected chi connectivity index (χ0v) is 11.6. The van der Waals surface area contributed by atoms with E-state index in [1.54, 1.807) is 6.92 Å². The maximum Gasteiger partial charge on any atom is 0.305 e. The summed E-state index contributed by atoms with van der Waals surface area (Å²) < 4.78 is 4.82. The Morgan fingerprint density at radius 1 is 1.21 bits per heavy atom. The van der Waals surface area contributed by atoms with Crippen molar-refractivity contribution in [3.05, 3.63) is 35.4 Å². The second-order valence-corrected chi connectivity index (χ2v) is 4.18. The van der Waals surface area contributed by atoms with Gasteiger partial charge in [-0.15, -0.1) is 0 Å². The van der Waals surface area contributed by atoms with Gasteiger partial charge in [0.05, 0.1) is 6.61 Å². The lowest BCUT2D eigenvalue weighted by Gasteiger charge is -2.08. The van der Waals surface area contributed by atoms with Gasteiger partial charge in [0.25, 0.3) is 5.91 Å². The van der Waals surface area contributed by atoms with E-state index in [0.29, 0.717) is 31.6 Å². The van der Waals surface area contributed by atoms with E-state index in [-0.39, 0.29) is 11.9 Å². The van der Waals surface area contributed by atoms with Gasteiger partial charge < -0.3 is 10.1 Å². The average molecular weight is 263 g/mol. The largest absolute Gasteiger partial charge is 0.466 e. The van der Waals surface area contributed by atoms with Gasteiger partial charge in [-0.1, -0.05) is 25.1 Å². The Hall–Kier alpha value is -1.84. The SMILES string of the molecule is CCOC(=O)CCCNC(=O)c1ccccc1CC. The summed E-state index contributed by atoms with van der Waals surface area (Å²) in [4.78, 5) is 23.1. The van der Waals surface area contributed by atoms with Crippen molar-refractivity contribution in [1.82, 2.24) is 5.32 Å². The van der Waals surface area contributed by atoms with Crippen LogP contribution < -0.4 is 5.32 Å². The van der Waals surface area contributed by atoms with Crippen LogP contribution in [-0.4, -0.2) is 25.0 Å². The number of carbonyl (C=O) groups excluding carboxylic acids is 2. The molecule has 0 bridgehead atoms. The van der Waals surface area contributed by atoms with Crippen LogP contribution in [0.15, 0.2) is 24.3 Å². The maximum atomic E-state index is 12.0. The minimum absolute atomic E-state index is 0.0821. The summed E-state index contributed by atoms with van der Waals surface area (Å²) in [5, 5.41) is 2.82. The first-order chi connectivity index (χ1) is 9.19. The highest BCUT2D eigenvalue weighted by atomic mass is 16.5. The van der Waals surface area contributed by atoms with E-state index in [9.17, 15) is 9.59 Å². The van der Waals surface area contributed by atoms with E-state index in [0.717, 1.165) is 12.0 Å². The predicted octanol–water partition coefficient (Wildman–Crippen LogP) is 2.32. The topological polar surface area (TPSA) is 55.4 Å². The fraction of sp³-hybridized carbons (Fsp3) is 0.467. The lowest BCUT2D eigenvalue weighted by atomic mass is 10.0. The van der Waals surface area contributed by atoms with Gasteiger partial charge in [0.1, 0.15) is 0 Å². The number of amides is 1. The van der Waals surface area contributed by atoms with E-state index in [4.69, 9.17) is 4.74 Å². The molecular weight excluding hydrogens is 242 g/mol. The van der Waals surface area contributed by atoms with Gasteiger partial charge in [-0.05, 0) is 31.4 Å².